The van der Waals surface area contributed by atoms with E-state index in [1.807, 2.05) is 69.8 Å². The second-order valence-electron chi connectivity index (χ2n) is 9.57. The molecule has 2 heterocycles. The van der Waals surface area contributed by atoms with Crippen LogP contribution in [-0.4, -0.2) is 9.13 Å². The Morgan fingerprint density at radius 2 is 1.08 bits per heavy atom. The molecule has 0 aliphatic heterocycles. The van der Waals surface area contributed by atoms with Gasteiger partial charge in [-0.3, -0.25) is 0 Å². The highest BCUT2D eigenvalue weighted by atomic mass is 19.1. The van der Waals surface area contributed by atoms with Crippen molar-refractivity contribution in [3.63, 3.8) is 0 Å². The number of aromatic nitrogens is 2. The van der Waals surface area contributed by atoms with Gasteiger partial charge in [0.2, 0.25) is 0 Å². The van der Waals surface area contributed by atoms with Crippen LogP contribution in [0.25, 0.3) is 55.0 Å². The normalized spacial score (nSPS) is 11.4. The number of halogens is 2. The van der Waals surface area contributed by atoms with Crippen LogP contribution < -0.4 is 0 Å². The van der Waals surface area contributed by atoms with E-state index < -0.39 is 11.6 Å². The minimum absolute atomic E-state index is 0.298. The Bertz CT molecular complexity index is 2180. The highest BCUT2D eigenvalue weighted by Gasteiger charge is 2.22. The van der Waals surface area contributed by atoms with Crippen molar-refractivity contribution in [2.75, 3.05) is 0 Å². The molecule has 2 aromatic heterocycles. The van der Waals surface area contributed by atoms with Crippen molar-refractivity contribution in [3.05, 3.63) is 119 Å². The SMILES string of the molecule is Cc1cc(F)cc(F)c1-n1c2ccccc2c2cc3c(cc21)c1ccccc1n3-c1c(C#N)cccc1C#N. The molecule has 0 spiro atoms. The molecule has 0 radical (unpaired) electrons. The maximum atomic E-state index is 15.4. The third-order valence-corrected chi connectivity index (χ3v) is 7.41. The van der Waals surface area contributed by atoms with Crippen LogP contribution in [-0.2, 0) is 0 Å². The molecule has 0 unspecified atom stereocenters. The number of benzene rings is 5. The molecule has 4 nitrogen and oxygen atoms in total. The number of aryl methyl sites for hydroxylation is 1. The van der Waals surface area contributed by atoms with Crippen LogP contribution in [0.4, 0.5) is 8.78 Å². The average Bonchev–Trinajstić information content (AvgIpc) is 3.43. The van der Waals surface area contributed by atoms with Crippen LogP contribution in [0, 0.1) is 41.2 Å². The van der Waals surface area contributed by atoms with Crippen molar-refractivity contribution in [2.45, 2.75) is 6.92 Å². The van der Waals surface area contributed by atoms with Gasteiger partial charge in [0.15, 0.2) is 0 Å². The van der Waals surface area contributed by atoms with Gasteiger partial charge in [-0.25, -0.2) is 8.78 Å². The smallest absolute Gasteiger partial charge is 0.150 e. The molecule has 0 aliphatic carbocycles. The minimum atomic E-state index is -0.640. The number of para-hydroxylation sites is 3. The first-order valence-corrected chi connectivity index (χ1v) is 12.4. The summed E-state index contributed by atoms with van der Waals surface area (Å²) in [7, 11) is 0. The van der Waals surface area contributed by atoms with Crippen molar-refractivity contribution in [2.24, 2.45) is 0 Å². The maximum Gasteiger partial charge on any atom is 0.150 e. The van der Waals surface area contributed by atoms with E-state index in [1.54, 1.807) is 25.1 Å². The number of hydrogen-bond donors (Lipinski definition) is 0. The minimum Gasteiger partial charge on any atom is -0.307 e. The van der Waals surface area contributed by atoms with Crippen molar-refractivity contribution >= 4 is 43.6 Å². The highest BCUT2D eigenvalue weighted by Crippen LogP contribution is 2.41. The molecule has 7 rings (SSSR count). The van der Waals surface area contributed by atoms with Crippen LogP contribution in [0.5, 0.6) is 0 Å². The summed E-state index contributed by atoms with van der Waals surface area (Å²) < 4.78 is 33.2. The zero-order chi connectivity index (χ0) is 26.8. The van der Waals surface area contributed by atoms with Gasteiger partial charge in [0.25, 0.3) is 0 Å². The lowest BCUT2D eigenvalue weighted by atomic mass is 10.1. The van der Waals surface area contributed by atoms with E-state index in [0.717, 1.165) is 49.7 Å². The first-order valence-electron chi connectivity index (χ1n) is 12.4. The van der Waals surface area contributed by atoms with E-state index in [9.17, 15) is 14.9 Å². The summed E-state index contributed by atoms with van der Waals surface area (Å²) in [5.74, 6) is -1.26. The van der Waals surface area contributed by atoms with E-state index >= 15 is 4.39 Å². The second kappa shape index (κ2) is 8.28. The maximum absolute atomic E-state index is 15.4. The Kier molecular flexibility index (Phi) is 4.82. The molecule has 5 aromatic carbocycles. The number of fused-ring (bicyclic) bond motifs is 6. The third kappa shape index (κ3) is 3.13. The molecule has 184 valence electrons. The fraction of sp³-hybridized carbons (Fsp3) is 0.0303. The zero-order valence-corrected chi connectivity index (χ0v) is 20.7. The molecule has 39 heavy (non-hydrogen) atoms. The van der Waals surface area contributed by atoms with Crippen molar-refractivity contribution in [3.8, 4) is 23.5 Å². The molecule has 0 atom stereocenters. The van der Waals surface area contributed by atoms with Gasteiger partial charge in [-0.1, -0.05) is 42.5 Å². The summed E-state index contributed by atoms with van der Waals surface area (Å²) in [6, 6.07) is 31.5. The predicted molar refractivity (Wildman–Crippen MR) is 149 cm³/mol. The van der Waals surface area contributed by atoms with Gasteiger partial charge in [-0.2, -0.15) is 10.5 Å². The summed E-state index contributed by atoms with van der Waals surface area (Å²) in [6.07, 6.45) is 0. The quantitative estimate of drug-likeness (QED) is 0.236. The van der Waals surface area contributed by atoms with Crippen LogP contribution in [0.2, 0.25) is 0 Å². The topological polar surface area (TPSA) is 57.4 Å². The first kappa shape index (κ1) is 22.7. The molecule has 0 bridgehead atoms. The summed E-state index contributed by atoms with van der Waals surface area (Å²) in [5.41, 5.74) is 5.32. The molecule has 0 amide bonds. The molecule has 6 heteroatoms. The largest absolute Gasteiger partial charge is 0.307 e. The van der Waals surface area contributed by atoms with Gasteiger partial charge in [0.05, 0.1) is 44.6 Å². The second-order valence-corrected chi connectivity index (χ2v) is 9.57. The summed E-state index contributed by atoms with van der Waals surface area (Å²) in [5, 5.41) is 23.5. The van der Waals surface area contributed by atoms with Gasteiger partial charge in [0, 0.05) is 27.6 Å². The Hall–Kier alpha value is -5.46. The lowest BCUT2D eigenvalue weighted by Crippen LogP contribution is -2.02. The summed E-state index contributed by atoms with van der Waals surface area (Å²) in [6.45, 7) is 1.70. The third-order valence-electron chi connectivity index (χ3n) is 7.41. The average molecular weight is 509 g/mol. The van der Waals surface area contributed by atoms with Gasteiger partial charge in [-0.05, 0) is 55.0 Å². The lowest BCUT2D eigenvalue weighted by molar-refractivity contribution is 0.577. The van der Waals surface area contributed by atoms with E-state index in [1.165, 1.54) is 6.07 Å². The Morgan fingerprint density at radius 3 is 1.59 bits per heavy atom. The summed E-state index contributed by atoms with van der Waals surface area (Å²) >= 11 is 0. The standard InChI is InChI=1S/C33H18F2N4/c1-19-13-22(34)14-27(35)32(19)38-28-11-4-2-9-23(28)25-16-31-26(15-30(25)38)24-10-3-5-12-29(24)39(31)33-20(17-36)7-6-8-21(33)18-37/h2-16H,1H3. The van der Waals surface area contributed by atoms with E-state index in [4.69, 9.17) is 0 Å². The van der Waals surface area contributed by atoms with Crippen LogP contribution >= 0.6 is 0 Å². The fourth-order valence-corrected chi connectivity index (χ4v) is 5.86. The molecule has 0 saturated carbocycles. The van der Waals surface area contributed by atoms with E-state index in [2.05, 4.69) is 12.1 Å². The summed E-state index contributed by atoms with van der Waals surface area (Å²) in [4.78, 5) is 0. The number of rotatable bonds is 2. The van der Waals surface area contributed by atoms with Crippen LogP contribution in [0.1, 0.15) is 16.7 Å². The van der Waals surface area contributed by atoms with Crippen molar-refractivity contribution < 1.29 is 8.78 Å². The Labute approximate surface area is 221 Å². The monoisotopic (exact) mass is 508 g/mol. The van der Waals surface area contributed by atoms with Gasteiger partial charge in [0.1, 0.15) is 23.8 Å². The van der Waals surface area contributed by atoms with Gasteiger partial charge in [-0.15, -0.1) is 0 Å². The Balaban J connectivity index is 1.71. The van der Waals surface area contributed by atoms with Gasteiger partial charge >= 0.3 is 0 Å². The van der Waals surface area contributed by atoms with Crippen molar-refractivity contribution in [1.82, 2.24) is 9.13 Å². The molecule has 0 aliphatic rings. The molecule has 0 N–H and O–H groups in total. The molecule has 0 saturated heterocycles. The molecule has 0 fully saturated rings. The van der Waals surface area contributed by atoms with Gasteiger partial charge < -0.3 is 9.13 Å². The van der Waals surface area contributed by atoms with Crippen LogP contribution in [0.3, 0.4) is 0 Å². The van der Waals surface area contributed by atoms with E-state index in [-0.39, 0.29) is 0 Å². The zero-order valence-electron chi connectivity index (χ0n) is 20.7. The highest BCUT2D eigenvalue weighted by molar-refractivity contribution is 6.19. The Morgan fingerprint density at radius 1 is 0.564 bits per heavy atom. The van der Waals surface area contributed by atoms with Crippen LogP contribution in [0.15, 0.2) is 91.0 Å². The lowest BCUT2D eigenvalue weighted by Gasteiger charge is -2.13. The number of hydrogen-bond acceptors (Lipinski definition) is 2. The fourth-order valence-electron chi connectivity index (χ4n) is 5.86. The first-order chi connectivity index (χ1) is 19.0. The van der Waals surface area contributed by atoms with Crippen molar-refractivity contribution in [1.29, 1.82) is 10.5 Å². The predicted octanol–water partition coefficient (Wildman–Crippen LogP) is 8.21. The number of nitriles is 2. The molecular weight excluding hydrogens is 490 g/mol. The van der Waals surface area contributed by atoms with E-state index in [0.29, 0.717) is 28.1 Å². The number of nitrogens with zero attached hydrogens (tertiary/aromatic N) is 4. The molecular formula is C33H18F2N4. The molecule has 7 aromatic rings.